The van der Waals surface area contributed by atoms with Crippen LogP contribution in [0.25, 0.3) is 5.65 Å². The van der Waals surface area contributed by atoms with Gasteiger partial charge in [-0.2, -0.15) is 0 Å². The molecule has 8 heteroatoms. The Balaban J connectivity index is 1.37. The van der Waals surface area contributed by atoms with Crippen LogP contribution in [0.3, 0.4) is 0 Å². The molecule has 1 N–H and O–H groups in total. The number of sulfonamides is 1. The van der Waals surface area contributed by atoms with Crippen molar-refractivity contribution < 1.29 is 8.42 Å². The zero-order valence-corrected chi connectivity index (χ0v) is 20.5. The van der Waals surface area contributed by atoms with E-state index in [1.807, 2.05) is 37.3 Å². The molecule has 0 amide bonds. The van der Waals surface area contributed by atoms with Crippen molar-refractivity contribution in [2.45, 2.75) is 48.2 Å². The summed E-state index contributed by atoms with van der Waals surface area (Å²) in [6, 6.07) is 18.0. The lowest BCUT2D eigenvalue weighted by Gasteiger charge is -2.17. The van der Waals surface area contributed by atoms with E-state index in [2.05, 4.69) is 9.71 Å². The number of rotatable bonds is 6. The summed E-state index contributed by atoms with van der Waals surface area (Å²) in [5.74, 6) is 0.442. The van der Waals surface area contributed by atoms with Crippen LogP contribution >= 0.6 is 11.8 Å². The summed E-state index contributed by atoms with van der Waals surface area (Å²) in [5.41, 5.74) is 4.97. The van der Waals surface area contributed by atoms with Gasteiger partial charge in [-0.05, 0) is 79.6 Å². The molecular weight excluding hydrogens is 466 g/mol. The van der Waals surface area contributed by atoms with Crippen molar-refractivity contribution in [2.75, 3.05) is 4.72 Å². The number of fused-ring (bicyclic) bond motifs is 2. The van der Waals surface area contributed by atoms with Crippen LogP contribution in [-0.2, 0) is 28.6 Å². The summed E-state index contributed by atoms with van der Waals surface area (Å²) in [4.78, 5) is 18.1. The second kappa shape index (κ2) is 9.27. The van der Waals surface area contributed by atoms with Crippen LogP contribution in [0.1, 0.15) is 35.2 Å². The van der Waals surface area contributed by atoms with Crippen molar-refractivity contribution in [3.63, 3.8) is 0 Å². The topological polar surface area (TPSA) is 80.5 Å². The molecule has 2 heterocycles. The maximum absolute atomic E-state index is 13.2. The van der Waals surface area contributed by atoms with Crippen LogP contribution in [0.15, 0.2) is 81.4 Å². The highest BCUT2D eigenvalue weighted by atomic mass is 32.2. The average Bonchev–Trinajstić information content (AvgIpc) is 2.83. The Hall–Kier alpha value is -3.10. The van der Waals surface area contributed by atoms with Gasteiger partial charge in [0.15, 0.2) is 0 Å². The average molecular weight is 492 g/mol. The summed E-state index contributed by atoms with van der Waals surface area (Å²) in [6.45, 7) is 1.93. The van der Waals surface area contributed by atoms with Crippen LogP contribution in [0.5, 0.6) is 0 Å². The lowest BCUT2D eigenvalue weighted by atomic mass is 9.92. The molecule has 4 aromatic rings. The zero-order valence-electron chi connectivity index (χ0n) is 18.8. The third-order valence-corrected chi connectivity index (χ3v) is 8.47. The van der Waals surface area contributed by atoms with E-state index in [1.54, 1.807) is 30.5 Å². The fourth-order valence-electron chi connectivity index (χ4n) is 4.24. The number of para-hydroxylation sites is 1. The summed E-state index contributed by atoms with van der Waals surface area (Å²) in [6.07, 6.45) is 5.94. The molecule has 1 aliphatic carbocycles. The molecule has 1 aliphatic rings. The summed E-state index contributed by atoms with van der Waals surface area (Å²) in [7, 11) is -3.72. The van der Waals surface area contributed by atoms with Gasteiger partial charge >= 0.3 is 0 Å². The van der Waals surface area contributed by atoms with E-state index in [-0.39, 0.29) is 10.5 Å². The largest absolute Gasteiger partial charge is 0.278 e. The standard InChI is InChI=1S/C26H25N3O3S2/c1-18-10-13-25-27-21(15-26(30)29(25)16-18)17-33-24-9-5-4-8-23(24)28-34(31,32)22-12-11-19-6-2-3-7-20(19)14-22/h4-5,8-16,28H,2-3,6-7,17H2,1H3. The third kappa shape index (κ3) is 4.74. The summed E-state index contributed by atoms with van der Waals surface area (Å²) < 4.78 is 30.6. The molecule has 0 radical (unpaired) electrons. The fraction of sp³-hybridized carbons (Fsp3) is 0.231. The van der Waals surface area contributed by atoms with E-state index < -0.39 is 10.0 Å². The van der Waals surface area contributed by atoms with Crippen molar-refractivity contribution >= 4 is 33.1 Å². The van der Waals surface area contributed by atoms with Gasteiger partial charge in [0.1, 0.15) is 5.65 Å². The monoisotopic (exact) mass is 491 g/mol. The number of aromatic nitrogens is 2. The van der Waals surface area contributed by atoms with E-state index in [0.29, 0.717) is 22.8 Å². The Morgan fingerprint density at radius 3 is 2.65 bits per heavy atom. The van der Waals surface area contributed by atoms with Gasteiger partial charge in [-0.3, -0.25) is 13.9 Å². The molecule has 174 valence electrons. The fourth-order valence-corrected chi connectivity index (χ4v) is 6.34. The Bertz CT molecular complexity index is 1540. The van der Waals surface area contributed by atoms with Gasteiger partial charge < -0.3 is 0 Å². The molecule has 0 saturated carbocycles. The van der Waals surface area contributed by atoms with Gasteiger partial charge in [-0.15, -0.1) is 11.8 Å². The number of thioether (sulfide) groups is 1. The normalized spacial score (nSPS) is 13.6. The number of nitrogens with one attached hydrogen (secondary N) is 1. The van der Waals surface area contributed by atoms with E-state index in [4.69, 9.17) is 0 Å². The van der Waals surface area contributed by atoms with E-state index in [1.165, 1.54) is 27.8 Å². The molecule has 0 fully saturated rings. The first-order valence-corrected chi connectivity index (χ1v) is 13.7. The Labute approximate surface area is 203 Å². The van der Waals surface area contributed by atoms with Crippen molar-refractivity contribution in [3.05, 3.63) is 99.6 Å². The first-order valence-electron chi connectivity index (χ1n) is 11.2. The molecule has 0 aliphatic heterocycles. The molecule has 34 heavy (non-hydrogen) atoms. The Morgan fingerprint density at radius 1 is 1.00 bits per heavy atom. The van der Waals surface area contributed by atoms with Crippen LogP contribution in [0.4, 0.5) is 5.69 Å². The Kier molecular flexibility index (Phi) is 6.18. The second-order valence-electron chi connectivity index (χ2n) is 8.55. The quantitative estimate of drug-likeness (QED) is 0.385. The van der Waals surface area contributed by atoms with E-state index in [0.717, 1.165) is 41.7 Å². The number of anilines is 1. The highest BCUT2D eigenvalue weighted by molar-refractivity contribution is 7.98. The number of hydrogen-bond donors (Lipinski definition) is 1. The zero-order chi connectivity index (χ0) is 23.7. The van der Waals surface area contributed by atoms with Crippen molar-refractivity contribution in [3.8, 4) is 0 Å². The molecular formula is C26H25N3O3S2. The molecule has 2 aromatic heterocycles. The molecule has 0 unspecified atom stereocenters. The number of aryl methyl sites for hydroxylation is 3. The van der Waals surface area contributed by atoms with Crippen molar-refractivity contribution in [1.29, 1.82) is 0 Å². The van der Waals surface area contributed by atoms with Gasteiger partial charge in [0.2, 0.25) is 0 Å². The first kappa shape index (κ1) is 22.7. The molecule has 0 saturated heterocycles. The number of benzene rings is 2. The minimum Gasteiger partial charge on any atom is -0.278 e. The first-order chi connectivity index (χ1) is 16.4. The SMILES string of the molecule is Cc1ccc2nc(CSc3ccccc3NS(=O)(=O)c3ccc4c(c3)CCCC4)cc(=O)n2c1. The maximum Gasteiger partial charge on any atom is 0.261 e. The summed E-state index contributed by atoms with van der Waals surface area (Å²) in [5, 5.41) is 0. The van der Waals surface area contributed by atoms with Crippen LogP contribution in [0, 0.1) is 6.92 Å². The minimum absolute atomic E-state index is 0.134. The molecule has 6 nitrogen and oxygen atoms in total. The molecule has 0 atom stereocenters. The minimum atomic E-state index is -3.72. The van der Waals surface area contributed by atoms with Gasteiger partial charge in [0.05, 0.1) is 16.3 Å². The number of pyridine rings is 1. The lowest BCUT2D eigenvalue weighted by Crippen LogP contribution is -2.15. The highest BCUT2D eigenvalue weighted by Crippen LogP contribution is 2.32. The molecule has 0 spiro atoms. The predicted molar refractivity (Wildman–Crippen MR) is 136 cm³/mol. The van der Waals surface area contributed by atoms with Gasteiger partial charge in [0.25, 0.3) is 15.6 Å². The van der Waals surface area contributed by atoms with Gasteiger partial charge in [0, 0.05) is 22.9 Å². The Morgan fingerprint density at radius 2 is 1.79 bits per heavy atom. The number of hydrogen-bond acceptors (Lipinski definition) is 5. The van der Waals surface area contributed by atoms with Crippen LogP contribution in [-0.4, -0.2) is 17.8 Å². The summed E-state index contributed by atoms with van der Waals surface area (Å²) >= 11 is 1.44. The molecule has 5 rings (SSSR count). The van der Waals surface area contributed by atoms with Crippen LogP contribution < -0.4 is 10.3 Å². The number of nitrogens with zero attached hydrogens (tertiary/aromatic N) is 2. The van der Waals surface area contributed by atoms with Gasteiger partial charge in [-0.1, -0.05) is 24.3 Å². The van der Waals surface area contributed by atoms with Gasteiger partial charge in [-0.25, -0.2) is 13.4 Å². The van der Waals surface area contributed by atoms with Crippen molar-refractivity contribution in [1.82, 2.24) is 9.38 Å². The second-order valence-corrected chi connectivity index (χ2v) is 11.2. The molecule has 2 aromatic carbocycles. The maximum atomic E-state index is 13.2. The molecule has 0 bridgehead atoms. The third-order valence-electron chi connectivity index (χ3n) is 6.00. The highest BCUT2D eigenvalue weighted by Gasteiger charge is 2.19. The van der Waals surface area contributed by atoms with Crippen molar-refractivity contribution in [2.24, 2.45) is 0 Å². The van der Waals surface area contributed by atoms with E-state index in [9.17, 15) is 13.2 Å². The smallest absolute Gasteiger partial charge is 0.261 e. The predicted octanol–water partition coefficient (Wildman–Crippen LogP) is 4.97. The lowest BCUT2D eigenvalue weighted by molar-refractivity contribution is 0.600. The van der Waals surface area contributed by atoms with Crippen LogP contribution in [0.2, 0.25) is 0 Å². The van der Waals surface area contributed by atoms with E-state index >= 15 is 0 Å².